The average Bonchev–Trinajstić information content (AvgIpc) is 2.60. The molecule has 2 rings (SSSR count). The van der Waals surface area contributed by atoms with Gasteiger partial charge in [0.25, 0.3) is 11.5 Å². The summed E-state index contributed by atoms with van der Waals surface area (Å²) in [6.07, 6.45) is 0. The molecule has 0 spiro atoms. The van der Waals surface area contributed by atoms with Gasteiger partial charge in [0.1, 0.15) is 5.82 Å². The van der Waals surface area contributed by atoms with Crippen LogP contribution in [0.15, 0.2) is 39.9 Å². The lowest BCUT2D eigenvalue weighted by Crippen LogP contribution is -2.38. The zero-order valence-corrected chi connectivity index (χ0v) is 13.4. The lowest BCUT2D eigenvalue weighted by atomic mass is 10.1. The maximum absolute atomic E-state index is 11.9. The maximum atomic E-state index is 11.9. The Morgan fingerprint density at radius 2 is 1.79 bits per heavy atom. The van der Waals surface area contributed by atoms with Crippen LogP contribution in [0.2, 0.25) is 0 Å². The van der Waals surface area contributed by atoms with E-state index in [9.17, 15) is 14.4 Å². The summed E-state index contributed by atoms with van der Waals surface area (Å²) in [6, 6.07) is 9.60. The molecule has 8 nitrogen and oxygen atoms in total. The van der Waals surface area contributed by atoms with Crippen LogP contribution in [0.3, 0.4) is 0 Å². The standard InChI is InChI=1S/C16H17N5O3/c1-20-13(9-14(22)21(2)16(20)24)18-7-8-19-15(23)12-5-3-11(10-17)4-6-12/h3-6,9,18H,7-8H2,1-2H3,(H,19,23). The second-order valence-electron chi connectivity index (χ2n) is 5.14. The zero-order valence-electron chi connectivity index (χ0n) is 13.4. The summed E-state index contributed by atoms with van der Waals surface area (Å²) in [6.45, 7) is 0.657. The number of hydrogen-bond donors (Lipinski definition) is 2. The Kier molecular flexibility index (Phi) is 5.16. The molecule has 0 aliphatic carbocycles. The highest BCUT2D eigenvalue weighted by Gasteiger charge is 2.07. The highest BCUT2D eigenvalue weighted by molar-refractivity contribution is 5.94. The van der Waals surface area contributed by atoms with Gasteiger partial charge in [-0.15, -0.1) is 0 Å². The number of carbonyl (C=O) groups is 1. The summed E-state index contributed by atoms with van der Waals surface area (Å²) >= 11 is 0. The molecule has 1 aromatic heterocycles. The van der Waals surface area contributed by atoms with Gasteiger partial charge in [-0.3, -0.25) is 18.7 Å². The van der Waals surface area contributed by atoms with E-state index in [1.807, 2.05) is 6.07 Å². The monoisotopic (exact) mass is 327 g/mol. The van der Waals surface area contributed by atoms with E-state index in [0.29, 0.717) is 30.0 Å². The van der Waals surface area contributed by atoms with Crippen molar-refractivity contribution in [3.05, 3.63) is 62.3 Å². The number of nitriles is 1. The number of anilines is 1. The highest BCUT2D eigenvalue weighted by atomic mass is 16.2. The molecule has 0 saturated carbocycles. The molecule has 1 heterocycles. The van der Waals surface area contributed by atoms with Crippen molar-refractivity contribution in [2.45, 2.75) is 0 Å². The van der Waals surface area contributed by atoms with E-state index in [0.717, 1.165) is 4.57 Å². The Morgan fingerprint density at radius 3 is 2.42 bits per heavy atom. The largest absolute Gasteiger partial charge is 0.369 e. The Balaban J connectivity index is 1.91. The Hall–Kier alpha value is -3.34. The van der Waals surface area contributed by atoms with Gasteiger partial charge in [-0.05, 0) is 24.3 Å². The summed E-state index contributed by atoms with van der Waals surface area (Å²) in [4.78, 5) is 35.3. The number of nitrogens with one attached hydrogen (secondary N) is 2. The molecule has 0 unspecified atom stereocenters. The molecular formula is C16H17N5O3. The summed E-state index contributed by atoms with van der Waals surface area (Å²) < 4.78 is 2.34. The van der Waals surface area contributed by atoms with Gasteiger partial charge in [-0.1, -0.05) is 0 Å². The van der Waals surface area contributed by atoms with Gasteiger partial charge >= 0.3 is 5.69 Å². The number of benzene rings is 1. The Bertz CT molecular complexity index is 903. The summed E-state index contributed by atoms with van der Waals surface area (Å²) in [7, 11) is 2.96. The summed E-state index contributed by atoms with van der Waals surface area (Å²) in [5, 5.41) is 14.4. The minimum absolute atomic E-state index is 0.265. The topological polar surface area (TPSA) is 109 Å². The van der Waals surface area contributed by atoms with Crippen molar-refractivity contribution < 1.29 is 4.79 Å². The highest BCUT2D eigenvalue weighted by Crippen LogP contribution is 2.03. The van der Waals surface area contributed by atoms with Crippen molar-refractivity contribution in [2.75, 3.05) is 18.4 Å². The van der Waals surface area contributed by atoms with Gasteiger partial charge in [0.15, 0.2) is 0 Å². The van der Waals surface area contributed by atoms with E-state index in [2.05, 4.69) is 10.6 Å². The fourth-order valence-electron chi connectivity index (χ4n) is 2.07. The van der Waals surface area contributed by atoms with Crippen molar-refractivity contribution in [1.29, 1.82) is 5.26 Å². The molecule has 8 heteroatoms. The van der Waals surface area contributed by atoms with Gasteiger partial charge in [0.2, 0.25) is 0 Å². The van der Waals surface area contributed by atoms with E-state index < -0.39 is 11.2 Å². The van der Waals surface area contributed by atoms with Crippen molar-refractivity contribution in [3.8, 4) is 6.07 Å². The number of hydrogen-bond acceptors (Lipinski definition) is 5. The molecule has 124 valence electrons. The summed E-state index contributed by atoms with van der Waals surface area (Å²) in [5.74, 6) is 0.120. The first-order valence-corrected chi connectivity index (χ1v) is 7.23. The second kappa shape index (κ2) is 7.28. The van der Waals surface area contributed by atoms with E-state index >= 15 is 0 Å². The van der Waals surface area contributed by atoms with Gasteiger partial charge < -0.3 is 10.6 Å². The molecule has 0 aliphatic rings. The van der Waals surface area contributed by atoms with Crippen LogP contribution >= 0.6 is 0 Å². The molecule has 2 N–H and O–H groups in total. The molecule has 0 radical (unpaired) electrons. The first-order chi connectivity index (χ1) is 11.4. The third-order valence-electron chi connectivity index (χ3n) is 3.52. The average molecular weight is 327 g/mol. The van der Waals surface area contributed by atoms with E-state index in [-0.39, 0.29) is 5.91 Å². The molecule has 2 aromatic rings. The van der Waals surface area contributed by atoms with E-state index in [4.69, 9.17) is 5.26 Å². The molecule has 0 atom stereocenters. The van der Waals surface area contributed by atoms with Gasteiger partial charge in [0, 0.05) is 38.8 Å². The molecule has 0 bridgehead atoms. The Morgan fingerprint density at radius 1 is 1.12 bits per heavy atom. The fourth-order valence-corrected chi connectivity index (χ4v) is 2.07. The summed E-state index contributed by atoms with van der Waals surface area (Å²) in [5.41, 5.74) is 0.114. The van der Waals surface area contributed by atoms with Crippen LogP contribution in [0.4, 0.5) is 5.82 Å². The smallest absolute Gasteiger partial charge is 0.332 e. The minimum Gasteiger partial charge on any atom is -0.369 e. The van der Waals surface area contributed by atoms with Crippen LogP contribution in [0.25, 0.3) is 0 Å². The molecule has 0 saturated heterocycles. The molecule has 0 aliphatic heterocycles. The van der Waals surface area contributed by atoms with Crippen molar-refractivity contribution in [1.82, 2.24) is 14.5 Å². The first-order valence-electron chi connectivity index (χ1n) is 7.23. The van der Waals surface area contributed by atoms with Crippen LogP contribution in [0.1, 0.15) is 15.9 Å². The minimum atomic E-state index is -0.424. The maximum Gasteiger partial charge on any atom is 0.332 e. The quantitative estimate of drug-likeness (QED) is 0.739. The van der Waals surface area contributed by atoms with Crippen molar-refractivity contribution in [3.63, 3.8) is 0 Å². The molecular weight excluding hydrogens is 310 g/mol. The van der Waals surface area contributed by atoms with Crippen LogP contribution < -0.4 is 21.9 Å². The van der Waals surface area contributed by atoms with E-state index in [1.165, 1.54) is 17.7 Å². The number of carbonyl (C=O) groups excluding carboxylic acids is 1. The third kappa shape index (κ3) is 3.70. The van der Waals surface area contributed by atoms with Gasteiger partial charge in [-0.2, -0.15) is 5.26 Å². The Labute approximate surface area is 138 Å². The molecule has 1 aromatic carbocycles. The number of amides is 1. The lowest BCUT2D eigenvalue weighted by molar-refractivity contribution is 0.0955. The van der Waals surface area contributed by atoms with Crippen molar-refractivity contribution >= 4 is 11.7 Å². The lowest BCUT2D eigenvalue weighted by Gasteiger charge is -2.12. The molecule has 1 amide bonds. The fraction of sp³-hybridized carbons (Fsp3) is 0.250. The second-order valence-corrected chi connectivity index (χ2v) is 5.14. The van der Waals surface area contributed by atoms with Gasteiger partial charge in [0.05, 0.1) is 11.6 Å². The normalized spacial score (nSPS) is 10.0. The number of aromatic nitrogens is 2. The SMILES string of the molecule is Cn1c(NCCNC(=O)c2ccc(C#N)cc2)cc(=O)n(C)c1=O. The van der Waals surface area contributed by atoms with Gasteiger partial charge in [-0.25, -0.2) is 4.79 Å². The van der Waals surface area contributed by atoms with Crippen LogP contribution in [-0.4, -0.2) is 28.1 Å². The van der Waals surface area contributed by atoms with Crippen LogP contribution in [0.5, 0.6) is 0 Å². The number of nitrogens with zero attached hydrogens (tertiary/aromatic N) is 3. The van der Waals surface area contributed by atoms with Crippen LogP contribution in [-0.2, 0) is 14.1 Å². The predicted octanol–water partition coefficient (Wildman–Crippen LogP) is -0.202. The number of rotatable bonds is 5. The van der Waals surface area contributed by atoms with E-state index in [1.54, 1.807) is 31.3 Å². The zero-order chi connectivity index (χ0) is 17.7. The van der Waals surface area contributed by atoms with Crippen LogP contribution in [0, 0.1) is 11.3 Å². The molecule has 24 heavy (non-hydrogen) atoms. The third-order valence-corrected chi connectivity index (χ3v) is 3.52. The van der Waals surface area contributed by atoms with Crippen molar-refractivity contribution in [2.24, 2.45) is 14.1 Å². The molecule has 0 fully saturated rings. The first kappa shape index (κ1) is 17.0. The predicted molar refractivity (Wildman–Crippen MR) is 88.9 cm³/mol.